The van der Waals surface area contributed by atoms with E-state index in [-0.39, 0.29) is 21.7 Å². The maximum absolute atomic E-state index is 13.1. The summed E-state index contributed by atoms with van der Waals surface area (Å²) in [6.45, 7) is 0. The summed E-state index contributed by atoms with van der Waals surface area (Å²) < 4.78 is 40.8. The van der Waals surface area contributed by atoms with Crippen molar-refractivity contribution < 1.29 is 13.2 Å². The molecule has 4 aromatic rings. The van der Waals surface area contributed by atoms with E-state index in [1.807, 2.05) is 6.07 Å². The first kappa shape index (κ1) is 17.1. The van der Waals surface area contributed by atoms with Crippen molar-refractivity contribution in [1.29, 1.82) is 5.26 Å². The third kappa shape index (κ3) is 2.92. The minimum Gasteiger partial charge on any atom is -0.346 e. The monoisotopic (exact) mass is 387 g/mol. The summed E-state index contributed by atoms with van der Waals surface area (Å²) in [6.07, 6.45) is 1.58. The summed E-state index contributed by atoms with van der Waals surface area (Å²) in [7, 11) is 0. The quantitative estimate of drug-likeness (QED) is 0.528. The Morgan fingerprint density at radius 3 is 2.67 bits per heavy atom. The molecule has 1 aromatic carbocycles. The van der Waals surface area contributed by atoms with Crippen molar-refractivity contribution in [2.24, 2.45) is 0 Å². The van der Waals surface area contributed by atoms with Crippen molar-refractivity contribution in [3.8, 4) is 23.0 Å². The predicted octanol–water partition coefficient (Wildman–Crippen LogP) is 4.96. The Morgan fingerprint density at radius 2 is 1.93 bits per heavy atom. The molecule has 0 amide bonds. The molecule has 0 aliphatic carbocycles. The minimum atomic E-state index is -4.52. The highest BCUT2D eigenvalue weighted by Crippen LogP contribution is 2.37. The molecule has 0 radical (unpaired) electrons. The Kier molecular flexibility index (Phi) is 3.89. The van der Waals surface area contributed by atoms with E-state index in [1.165, 1.54) is 24.8 Å². The number of benzene rings is 1. The molecule has 0 fully saturated rings. The van der Waals surface area contributed by atoms with E-state index in [9.17, 15) is 18.4 Å². The molecule has 9 heteroatoms. The van der Waals surface area contributed by atoms with Gasteiger partial charge in [-0.1, -0.05) is 11.6 Å². The zero-order valence-corrected chi connectivity index (χ0v) is 14.2. The van der Waals surface area contributed by atoms with Crippen LogP contribution in [-0.4, -0.2) is 19.5 Å². The van der Waals surface area contributed by atoms with Crippen LogP contribution in [0.1, 0.15) is 11.1 Å². The summed E-state index contributed by atoms with van der Waals surface area (Å²) in [5.74, 6) is 0.493. The fourth-order valence-corrected chi connectivity index (χ4v) is 3.07. The second kappa shape index (κ2) is 6.14. The van der Waals surface area contributed by atoms with Gasteiger partial charge in [-0.25, -0.2) is 9.97 Å². The molecule has 0 saturated heterocycles. The van der Waals surface area contributed by atoms with Crippen LogP contribution in [0.3, 0.4) is 0 Å². The molecule has 0 bridgehead atoms. The molecule has 0 aliphatic heterocycles. The van der Waals surface area contributed by atoms with E-state index in [2.05, 4.69) is 15.0 Å². The van der Waals surface area contributed by atoms with Crippen molar-refractivity contribution in [3.63, 3.8) is 0 Å². The molecule has 0 aliphatic rings. The highest BCUT2D eigenvalue weighted by Gasteiger charge is 2.31. The van der Waals surface area contributed by atoms with Crippen molar-refractivity contribution >= 4 is 22.6 Å². The lowest BCUT2D eigenvalue weighted by Crippen LogP contribution is -2.04. The highest BCUT2D eigenvalue weighted by molar-refractivity contribution is 6.33. The molecule has 0 saturated carbocycles. The molecular weight excluding hydrogens is 379 g/mol. The Labute approximate surface area is 155 Å². The maximum Gasteiger partial charge on any atom is 0.416 e. The number of hydrogen-bond donors (Lipinski definition) is 1. The first-order chi connectivity index (χ1) is 12.9. The third-order valence-electron chi connectivity index (χ3n) is 4.11. The van der Waals surface area contributed by atoms with Crippen molar-refractivity contribution in [2.45, 2.75) is 6.18 Å². The normalized spacial score (nSPS) is 11.7. The molecule has 4 rings (SSSR count). The topological polar surface area (TPSA) is 70.3 Å². The van der Waals surface area contributed by atoms with Crippen LogP contribution in [0.15, 0.2) is 49.2 Å². The summed E-state index contributed by atoms with van der Waals surface area (Å²) in [5, 5.41) is 10.3. The number of nitrogens with zero attached hydrogens (tertiary/aromatic N) is 4. The SMILES string of the molecule is N#Cc1cn(-c2ncnc3[nH]ccc23)cc1-c1cc(C(F)(F)F)ccc1Cl. The third-order valence-corrected chi connectivity index (χ3v) is 4.44. The minimum absolute atomic E-state index is 0.117. The second-order valence-corrected chi connectivity index (χ2v) is 6.14. The standard InChI is InChI=1S/C18H9ClF3N5/c19-15-2-1-11(18(20,21)22)5-13(15)14-8-27(7-10(14)6-23)17-12-3-4-24-16(12)25-9-26-17/h1-5,7-9H,(H,24,25,26). The number of fused-ring (bicyclic) bond motifs is 1. The van der Waals surface area contributed by atoms with Crippen molar-refractivity contribution in [1.82, 2.24) is 19.5 Å². The number of aromatic nitrogens is 4. The largest absolute Gasteiger partial charge is 0.416 e. The first-order valence-corrected chi connectivity index (χ1v) is 8.04. The lowest BCUT2D eigenvalue weighted by atomic mass is 10.0. The van der Waals surface area contributed by atoms with E-state index in [1.54, 1.807) is 16.8 Å². The molecule has 3 aromatic heterocycles. The zero-order valence-electron chi connectivity index (χ0n) is 13.4. The second-order valence-electron chi connectivity index (χ2n) is 5.73. The Hall–Kier alpha value is -3.31. The molecule has 27 heavy (non-hydrogen) atoms. The van der Waals surface area contributed by atoms with Crippen LogP contribution in [0.2, 0.25) is 5.02 Å². The molecule has 1 N–H and O–H groups in total. The van der Waals surface area contributed by atoms with Gasteiger partial charge in [-0.2, -0.15) is 18.4 Å². The van der Waals surface area contributed by atoms with Crippen LogP contribution >= 0.6 is 11.6 Å². The number of nitriles is 1. The number of H-pyrrole nitrogens is 1. The molecular formula is C18H9ClF3N5. The van der Waals surface area contributed by atoms with Gasteiger partial charge in [0.1, 0.15) is 23.9 Å². The molecule has 0 spiro atoms. The fraction of sp³-hybridized carbons (Fsp3) is 0.0556. The summed E-state index contributed by atoms with van der Waals surface area (Å²) in [4.78, 5) is 11.3. The van der Waals surface area contributed by atoms with Gasteiger partial charge in [-0.05, 0) is 24.3 Å². The van der Waals surface area contributed by atoms with E-state index in [0.29, 0.717) is 16.9 Å². The average Bonchev–Trinajstić information content (AvgIpc) is 3.27. The van der Waals surface area contributed by atoms with Crippen molar-refractivity contribution in [2.75, 3.05) is 0 Å². The maximum atomic E-state index is 13.1. The Bertz CT molecular complexity index is 1200. The van der Waals surface area contributed by atoms with Gasteiger partial charge in [-0.3, -0.25) is 0 Å². The highest BCUT2D eigenvalue weighted by atomic mass is 35.5. The van der Waals surface area contributed by atoms with E-state index in [4.69, 9.17) is 11.6 Å². The van der Waals surface area contributed by atoms with Crippen LogP contribution in [-0.2, 0) is 6.18 Å². The van der Waals surface area contributed by atoms with Gasteiger partial charge in [0.15, 0.2) is 0 Å². The number of rotatable bonds is 2. The van der Waals surface area contributed by atoms with Gasteiger partial charge in [0.2, 0.25) is 0 Å². The summed E-state index contributed by atoms with van der Waals surface area (Å²) in [5.41, 5.74) is 0.357. The number of hydrogen-bond acceptors (Lipinski definition) is 3. The molecule has 3 heterocycles. The number of nitrogens with one attached hydrogen (secondary N) is 1. The molecule has 0 unspecified atom stereocenters. The van der Waals surface area contributed by atoms with E-state index < -0.39 is 11.7 Å². The van der Waals surface area contributed by atoms with Crippen LogP contribution in [0.4, 0.5) is 13.2 Å². The predicted molar refractivity (Wildman–Crippen MR) is 93.4 cm³/mol. The molecule has 0 atom stereocenters. The average molecular weight is 388 g/mol. The van der Waals surface area contributed by atoms with Crippen LogP contribution in [0.25, 0.3) is 28.0 Å². The number of aromatic amines is 1. The van der Waals surface area contributed by atoms with Gasteiger partial charge in [0.25, 0.3) is 0 Å². The molecule has 134 valence electrons. The van der Waals surface area contributed by atoms with E-state index in [0.717, 1.165) is 12.1 Å². The number of alkyl halides is 3. The van der Waals surface area contributed by atoms with Crippen LogP contribution in [0.5, 0.6) is 0 Å². The van der Waals surface area contributed by atoms with Gasteiger partial charge in [-0.15, -0.1) is 0 Å². The Morgan fingerprint density at radius 1 is 1.11 bits per heavy atom. The van der Waals surface area contributed by atoms with Gasteiger partial charge in [0.05, 0.1) is 16.5 Å². The smallest absolute Gasteiger partial charge is 0.346 e. The Balaban J connectivity index is 1.92. The fourth-order valence-electron chi connectivity index (χ4n) is 2.85. The summed E-state index contributed by atoms with van der Waals surface area (Å²) in [6, 6.07) is 6.79. The van der Waals surface area contributed by atoms with Crippen molar-refractivity contribution in [3.05, 3.63) is 65.3 Å². The van der Waals surface area contributed by atoms with Gasteiger partial charge in [0, 0.05) is 34.7 Å². The van der Waals surface area contributed by atoms with Gasteiger partial charge >= 0.3 is 6.18 Å². The first-order valence-electron chi connectivity index (χ1n) is 7.66. The lowest BCUT2D eigenvalue weighted by Gasteiger charge is -2.10. The number of halogens is 4. The lowest BCUT2D eigenvalue weighted by molar-refractivity contribution is -0.137. The zero-order chi connectivity index (χ0) is 19.2. The van der Waals surface area contributed by atoms with Crippen LogP contribution in [0, 0.1) is 11.3 Å². The molecule has 5 nitrogen and oxygen atoms in total. The van der Waals surface area contributed by atoms with E-state index >= 15 is 0 Å². The van der Waals surface area contributed by atoms with Gasteiger partial charge < -0.3 is 9.55 Å². The van der Waals surface area contributed by atoms with Crippen LogP contribution < -0.4 is 0 Å². The summed E-state index contributed by atoms with van der Waals surface area (Å²) >= 11 is 6.13.